The minimum atomic E-state index is 0. The monoisotopic (exact) mass is 564 g/mol. The van der Waals surface area contributed by atoms with Gasteiger partial charge in [-0.3, -0.25) is 12.0 Å². The molecule has 0 unspecified atom stereocenters. The number of benzene rings is 1. The molecule has 0 atom stereocenters. The van der Waals surface area contributed by atoms with Crippen molar-refractivity contribution in [3.8, 4) is 0 Å². The molecule has 0 aromatic heterocycles. The van der Waals surface area contributed by atoms with Gasteiger partial charge in [-0.2, -0.15) is 0 Å². The molecule has 0 saturated carbocycles. The number of hydrogen-bond acceptors (Lipinski definition) is 2. The van der Waals surface area contributed by atoms with E-state index in [9.17, 15) is 0 Å². The Morgan fingerprint density at radius 1 is 1.03 bits per heavy atom. The fourth-order valence-electron chi connectivity index (χ4n) is 3.50. The Hall–Kier alpha value is -0.700. The van der Waals surface area contributed by atoms with Crippen LogP contribution in [0, 0.1) is 29.3 Å². The van der Waals surface area contributed by atoms with Crippen LogP contribution in [0.25, 0.3) is 0 Å². The van der Waals surface area contributed by atoms with E-state index in [2.05, 4.69) is 70.8 Å². The maximum absolute atomic E-state index is 4.92. The number of hydrogen-bond donors (Lipinski definition) is 0. The van der Waals surface area contributed by atoms with E-state index >= 15 is 0 Å². The van der Waals surface area contributed by atoms with Gasteiger partial charge in [-0.1, -0.05) is 65.3 Å². The second kappa shape index (κ2) is 16.1. The van der Waals surface area contributed by atoms with Crippen LogP contribution in [0.3, 0.4) is 0 Å². The molecule has 0 N–H and O–H groups in total. The first kappa shape index (κ1) is 33.0. The van der Waals surface area contributed by atoms with Crippen LogP contribution in [0.2, 0.25) is 0 Å². The summed E-state index contributed by atoms with van der Waals surface area (Å²) in [6.45, 7) is 12.2. The summed E-state index contributed by atoms with van der Waals surface area (Å²) in [6.07, 6.45) is 8.08. The predicted molar refractivity (Wildman–Crippen MR) is 131 cm³/mol. The Morgan fingerprint density at radius 2 is 1.59 bits per heavy atom. The Balaban J connectivity index is -0.00000169. The van der Waals surface area contributed by atoms with Crippen LogP contribution in [-0.2, 0) is 25.8 Å². The molecule has 0 radical (unpaired) electrons. The predicted octanol–water partition coefficient (Wildman–Crippen LogP) is 8.19. The van der Waals surface area contributed by atoms with Gasteiger partial charge in [-0.15, -0.1) is 0 Å². The molecule has 0 aliphatic heterocycles. The molecule has 1 aliphatic carbocycles. The van der Waals surface area contributed by atoms with Gasteiger partial charge in [0.2, 0.25) is 0 Å². The molecule has 1 aromatic carbocycles. The summed E-state index contributed by atoms with van der Waals surface area (Å²) in [6, 6.07) is 6.69. The third-order valence-corrected chi connectivity index (χ3v) is 4.97. The van der Waals surface area contributed by atoms with Gasteiger partial charge in [0.15, 0.2) is 0 Å². The number of rotatable bonds is 7. The average Bonchev–Trinajstić information content (AvgIpc) is 2.61. The van der Waals surface area contributed by atoms with E-state index in [1.807, 2.05) is 0 Å². The van der Waals surface area contributed by atoms with Crippen molar-refractivity contribution in [2.75, 3.05) is 11.4 Å². The molecule has 0 heterocycles. The first-order chi connectivity index (χ1) is 12.0. The van der Waals surface area contributed by atoms with Gasteiger partial charge in [0.05, 0.1) is 5.71 Å². The second-order valence-electron chi connectivity index (χ2n) is 7.69. The number of aliphatic imine (C=N–C) groups is 1. The molecule has 0 saturated heterocycles. The van der Waals surface area contributed by atoms with Crippen molar-refractivity contribution in [2.45, 2.75) is 78.6 Å². The van der Waals surface area contributed by atoms with Crippen molar-refractivity contribution < 1.29 is 25.8 Å². The van der Waals surface area contributed by atoms with Crippen molar-refractivity contribution >= 4 is 11.4 Å². The zero-order valence-electron chi connectivity index (χ0n) is 20.3. The normalized spacial score (nSPS) is 14.3. The first-order valence-electron chi connectivity index (χ1n) is 9.94. The average molecular weight is 563 g/mol. The molecular formula is C26H44HfN2-4. The van der Waals surface area contributed by atoms with E-state index in [0.29, 0.717) is 11.8 Å². The largest absolute Gasteiger partial charge is 0.495 e. The topological polar surface area (TPSA) is 15.6 Å². The summed E-state index contributed by atoms with van der Waals surface area (Å²) in [5.41, 5.74) is 6.49. The van der Waals surface area contributed by atoms with Crippen LogP contribution >= 0.6 is 0 Å². The van der Waals surface area contributed by atoms with Gasteiger partial charge in [-0.25, -0.2) is 0 Å². The molecule has 2 nitrogen and oxygen atoms in total. The Kier molecular flexibility index (Phi) is 18.2. The summed E-state index contributed by atoms with van der Waals surface area (Å²) in [5, 5.41) is 0. The van der Waals surface area contributed by atoms with Crippen molar-refractivity contribution in [2.24, 2.45) is 4.99 Å². The maximum atomic E-state index is 4.92. The summed E-state index contributed by atoms with van der Waals surface area (Å²) in [5.74, 6) is 0.949. The number of nitrogens with zero attached hydrogens (tertiary/aromatic N) is 2. The van der Waals surface area contributed by atoms with Crippen molar-refractivity contribution in [1.29, 1.82) is 0 Å². The van der Waals surface area contributed by atoms with E-state index in [-0.39, 0.29) is 48.1 Å². The molecule has 0 spiro atoms. The number of anilines is 1. The quantitative estimate of drug-likeness (QED) is 0.186. The zero-order chi connectivity index (χ0) is 18.4. The molecule has 166 valence electrons. The van der Waals surface area contributed by atoms with E-state index in [4.69, 9.17) is 4.99 Å². The summed E-state index contributed by atoms with van der Waals surface area (Å²) < 4.78 is 0. The van der Waals surface area contributed by atoms with Gasteiger partial charge in [0.1, 0.15) is 0 Å². The van der Waals surface area contributed by atoms with Crippen LogP contribution in [0.5, 0.6) is 0 Å². The SMILES string of the molecule is [CH2-]N(C1=CCCCC1=NCCCC)c1c(C(C)C)cccc1C(C)C.[CH3-].[CH3-].[CH3-].[Hf]. The van der Waals surface area contributed by atoms with E-state index in [1.54, 1.807) is 0 Å². The van der Waals surface area contributed by atoms with Crippen LogP contribution < -0.4 is 4.90 Å². The van der Waals surface area contributed by atoms with Crippen molar-refractivity contribution in [3.63, 3.8) is 0 Å². The van der Waals surface area contributed by atoms with Gasteiger partial charge >= 0.3 is 0 Å². The van der Waals surface area contributed by atoms with Crippen LogP contribution in [-0.4, -0.2) is 12.3 Å². The van der Waals surface area contributed by atoms with Crippen LogP contribution in [0.4, 0.5) is 5.69 Å². The molecule has 2 rings (SSSR count). The maximum Gasteiger partial charge on any atom is 0.0556 e. The van der Waals surface area contributed by atoms with Gasteiger partial charge in [-0.05, 0) is 48.6 Å². The summed E-state index contributed by atoms with van der Waals surface area (Å²) in [7, 11) is 4.48. The van der Waals surface area contributed by atoms with Gasteiger partial charge in [0, 0.05) is 43.8 Å². The molecular weight excluding hydrogens is 519 g/mol. The number of unbranched alkanes of at least 4 members (excludes halogenated alkanes) is 1. The minimum Gasteiger partial charge on any atom is -0.495 e. The van der Waals surface area contributed by atoms with Crippen LogP contribution in [0.15, 0.2) is 35.0 Å². The molecule has 0 amide bonds. The first-order valence-corrected chi connectivity index (χ1v) is 9.94. The number of allylic oxidation sites excluding steroid dienone is 2. The van der Waals surface area contributed by atoms with Crippen LogP contribution in [0.1, 0.15) is 89.7 Å². The zero-order valence-corrected chi connectivity index (χ0v) is 23.9. The van der Waals surface area contributed by atoms with Crippen molar-refractivity contribution in [1.82, 2.24) is 0 Å². The Labute approximate surface area is 202 Å². The second-order valence-corrected chi connectivity index (χ2v) is 7.69. The summed E-state index contributed by atoms with van der Waals surface area (Å²) in [4.78, 5) is 7.09. The smallest absolute Gasteiger partial charge is 0.0556 e. The van der Waals surface area contributed by atoms with Gasteiger partial charge in [0.25, 0.3) is 0 Å². The fraction of sp³-hybridized carbons (Fsp3) is 0.500. The molecule has 1 aliphatic rings. The fourth-order valence-corrected chi connectivity index (χ4v) is 3.50. The minimum absolute atomic E-state index is 0. The van der Waals surface area contributed by atoms with E-state index in [0.717, 1.165) is 25.8 Å². The Morgan fingerprint density at radius 3 is 2.07 bits per heavy atom. The van der Waals surface area contributed by atoms with Gasteiger partial charge < -0.3 is 27.2 Å². The molecule has 29 heavy (non-hydrogen) atoms. The van der Waals surface area contributed by atoms with E-state index in [1.165, 1.54) is 41.1 Å². The summed E-state index contributed by atoms with van der Waals surface area (Å²) >= 11 is 0. The number of para-hydroxylation sites is 1. The third kappa shape index (κ3) is 8.52. The molecule has 1 aromatic rings. The molecule has 3 heteroatoms. The molecule has 0 fully saturated rings. The van der Waals surface area contributed by atoms with Crippen molar-refractivity contribution in [3.05, 3.63) is 70.4 Å². The Bertz CT molecular complexity index is 603. The van der Waals surface area contributed by atoms with E-state index < -0.39 is 0 Å². The molecule has 0 bridgehead atoms. The third-order valence-electron chi connectivity index (χ3n) is 4.97. The standard InChI is InChI=1S/C23H35N2.3CH3.Hf/c1-7-8-16-24-21-14-9-10-15-22(21)25(6)23-19(17(2)3)12-11-13-20(23)18(4)5;;;;/h11-13,15,17-18H,6-10,14,16H2,1-5H3;3*1H3;/q4*-1;.